The maximum atomic E-state index is 12.4. The van der Waals surface area contributed by atoms with Crippen LogP contribution in [0.5, 0.6) is 0 Å². The number of benzene rings is 1. The van der Waals surface area contributed by atoms with Crippen LogP contribution in [0.15, 0.2) is 24.3 Å². The Morgan fingerprint density at radius 3 is 2.52 bits per heavy atom. The van der Waals surface area contributed by atoms with Gasteiger partial charge in [-0.25, -0.2) is 0 Å². The first kappa shape index (κ1) is 17.8. The molecule has 1 aromatic rings. The highest BCUT2D eigenvalue weighted by Crippen LogP contribution is 2.29. The Hall–Kier alpha value is -2.04. The van der Waals surface area contributed by atoms with Gasteiger partial charge in [-0.3, -0.25) is 9.59 Å². The lowest BCUT2D eigenvalue weighted by Gasteiger charge is -2.23. The third-order valence-electron chi connectivity index (χ3n) is 5.46. The molecular weight excluding hydrogens is 314 g/mol. The molecule has 0 bridgehead atoms. The minimum atomic E-state index is -0.177. The molecule has 25 heavy (non-hydrogen) atoms. The zero-order valence-corrected chi connectivity index (χ0v) is 15.3. The summed E-state index contributed by atoms with van der Waals surface area (Å²) < 4.78 is 0. The molecule has 1 N–H and O–H groups in total. The van der Waals surface area contributed by atoms with Gasteiger partial charge in [0, 0.05) is 45.3 Å². The summed E-state index contributed by atoms with van der Waals surface area (Å²) in [7, 11) is 4.04. The van der Waals surface area contributed by atoms with E-state index in [1.165, 1.54) is 24.1 Å². The van der Waals surface area contributed by atoms with Gasteiger partial charge in [-0.2, -0.15) is 0 Å². The van der Waals surface area contributed by atoms with Gasteiger partial charge in [-0.15, -0.1) is 0 Å². The molecule has 2 amide bonds. The molecule has 2 aliphatic rings. The van der Waals surface area contributed by atoms with E-state index in [4.69, 9.17) is 0 Å². The quantitative estimate of drug-likeness (QED) is 0.861. The van der Waals surface area contributed by atoms with Crippen molar-refractivity contribution >= 4 is 17.5 Å². The standard InChI is InChI=1S/C20H29N3O2/c1-22(2)17-9-7-15(8-10-17)11-12-21-20(25)16-13-19(24)23(14-16)18-5-3-4-6-18/h7-10,16,18H,3-6,11-14H2,1-2H3,(H,21,25)/t16-/m1/s1. The average molecular weight is 343 g/mol. The lowest BCUT2D eigenvalue weighted by Crippen LogP contribution is -2.37. The first-order valence-corrected chi connectivity index (χ1v) is 9.38. The molecule has 1 saturated carbocycles. The van der Waals surface area contributed by atoms with Crippen molar-refractivity contribution in [3.8, 4) is 0 Å². The van der Waals surface area contributed by atoms with Gasteiger partial charge in [-0.05, 0) is 37.0 Å². The van der Waals surface area contributed by atoms with Crippen LogP contribution in [-0.2, 0) is 16.0 Å². The van der Waals surface area contributed by atoms with Crippen molar-refractivity contribution in [2.75, 3.05) is 32.1 Å². The molecule has 5 heteroatoms. The number of amides is 2. The Balaban J connectivity index is 1.44. The molecule has 1 aliphatic carbocycles. The van der Waals surface area contributed by atoms with Gasteiger partial charge < -0.3 is 15.1 Å². The van der Waals surface area contributed by atoms with E-state index in [1.54, 1.807) is 0 Å². The van der Waals surface area contributed by atoms with Crippen molar-refractivity contribution in [3.05, 3.63) is 29.8 Å². The Morgan fingerprint density at radius 1 is 1.20 bits per heavy atom. The van der Waals surface area contributed by atoms with Crippen molar-refractivity contribution in [1.29, 1.82) is 0 Å². The molecule has 1 aliphatic heterocycles. The topological polar surface area (TPSA) is 52.7 Å². The Morgan fingerprint density at radius 2 is 1.88 bits per heavy atom. The SMILES string of the molecule is CN(C)c1ccc(CCNC(=O)[C@@H]2CC(=O)N(C3CCCC3)C2)cc1. The van der Waals surface area contributed by atoms with E-state index in [0.717, 1.165) is 19.3 Å². The lowest BCUT2D eigenvalue weighted by atomic mass is 10.1. The van der Waals surface area contributed by atoms with E-state index in [1.807, 2.05) is 19.0 Å². The molecule has 3 rings (SSSR count). The molecule has 1 saturated heterocycles. The van der Waals surface area contributed by atoms with Crippen LogP contribution in [0.1, 0.15) is 37.7 Å². The fraction of sp³-hybridized carbons (Fsp3) is 0.600. The highest BCUT2D eigenvalue weighted by atomic mass is 16.2. The smallest absolute Gasteiger partial charge is 0.225 e. The third kappa shape index (κ3) is 4.33. The second kappa shape index (κ2) is 7.89. The van der Waals surface area contributed by atoms with E-state index >= 15 is 0 Å². The number of carbonyl (C=O) groups excluding carboxylic acids is 2. The number of nitrogens with one attached hydrogen (secondary N) is 1. The Bertz CT molecular complexity index is 606. The van der Waals surface area contributed by atoms with Gasteiger partial charge in [0.2, 0.25) is 11.8 Å². The zero-order chi connectivity index (χ0) is 17.8. The Labute approximate surface area is 150 Å². The average Bonchev–Trinajstić information content (AvgIpc) is 3.24. The zero-order valence-electron chi connectivity index (χ0n) is 15.3. The molecule has 0 unspecified atom stereocenters. The number of anilines is 1. The molecule has 0 aromatic heterocycles. The van der Waals surface area contributed by atoms with E-state index in [0.29, 0.717) is 25.6 Å². The first-order chi connectivity index (χ1) is 12.0. The predicted molar refractivity (Wildman–Crippen MR) is 99.6 cm³/mol. The van der Waals surface area contributed by atoms with Crippen LogP contribution in [0, 0.1) is 5.92 Å². The summed E-state index contributed by atoms with van der Waals surface area (Å²) in [6, 6.07) is 8.75. The molecule has 0 spiro atoms. The van der Waals surface area contributed by atoms with E-state index in [-0.39, 0.29) is 17.7 Å². The predicted octanol–water partition coefficient (Wildman–Crippen LogP) is 2.20. The van der Waals surface area contributed by atoms with Gasteiger partial charge in [0.05, 0.1) is 5.92 Å². The van der Waals surface area contributed by atoms with E-state index < -0.39 is 0 Å². The van der Waals surface area contributed by atoms with Crippen LogP contribution in [0.3, 0.4) is 0 Å². The summed E-state index contributed by atoms with van der Waals surface area (Å²) >= 11 is 0. The number of carbonyl (C=O) groups is 2. The number of hydrogen-bond donors (Lipinski definition) is 1. The lowest BCUT2D eigenvalue weighted by molar-refractivity contribution is -0.130. The molecular formula is C20H29N3O2. The molecule has 136 valence electrons. The van der Waals surface area contributed by atoms with Crippen LogP contribution in [-0.4, -0.2) is 49.9 Å². The second-order valence-corrected chi connectivity index (χ2v) is 7.49. The van der Waals surface area contributed by atoms with Crippen molar-refractivity contribution in [1.82, 2.24) is 10.2 Å². The second-order valence-electron chi connectivity index (χ2n) is 7.49. The highest BCUT2D eigenvalue weighted by molar-refractivity contribution is 5.89. The number of rotatable bonds is 6. The van der Waals surface area contributed by atoms with E-state index in [9.17, 15) is 9.59 Å². The summed E-state index contributed by atoms with van der Waals surface area (Å²) in [5.74, 6) is 0.00861. The molecule has 2 fully saturated rings. The number of nitrogens with zero attached hydrogens (tertiary/aromatic N) is 2. The van der Waals surface area contributed by atoms with Gasteiger partial charge in [0.1, 0.15) is 0 Å². The van der Waals surface area contributed by atoms with Crippen LogP contribution < -0.4 is 10.2 Å². The molecule has 1 heterocycles. The maximum Gasteiger partial charge on any atom is 0.225 e. The fourth-order valence-corrected chi connectivity index (χ4v) is 3.91. The van der Waals surface area contributed by atoms with Crippen molar-refractivity contribution in [2.45, 2.75) is 44.6 Å². The van der Waals surface area contributed by atoms with Gasteiger partial charge in [0.15, 0.2) is 0 Å². The van der Waals surface area contributed by atoms with Crippen LogP contribution in [0.25, 0.3) is 0 Å². The summed E-state index contributed by atoms with van der Waals surface area (Å²) in [5, 5.41) is 3.01. The molecule has 5 nitrogen and oxygen atoms in total. The largest absolute Gasteiger partial charge is 0.378 e. The third-order valence-corrected chi connectivity index (χ3v) is 5.46. The summed E-state index contributed by atoms with van der Waals surface area (Å²) in [6.45, 7) is 1.22. The first-order valence-electron chi connectivity index (χ1n) is 9.38. The molecule has 0 radical (unpaired) electrons. The maximum absolute atomic E-state index is 12.4. The molecule has 1 aromatic carbocycles. The molecule has 1 atom stereocenters. The van der Waals surface area contributed by atoms with Crippen molar-refractivity contribution in [3.63, 3.8) is 0 Å². The summed E-state index contributed by atoms with van der Waals surface area (Å²) in [6.07, 6.45) is 5.80. The number of hydrogen-bond acceptors (Lipinski definition) is 3. The van der Waals surface area contributed by atoms with Crippen LogP contribution in [0.4, 0.5) is 5.69 Å². The Kier molecular flexibility index (Phi) is 5.61. The van der Waals surface area contributed by atoms with Crippen molar-refractivity contribution in [2.24, 2.45) is 5.92 Å². The minimum absolute atomic E-state index is 0.0266. The van der Waals surface area contributed by atoms with Gasteiger partial charge >= 0.3 is 0 Å². The van der Waals surface area contributed by atoms with Gasteiger partial charge in [0.25, 0.3) is 0 Å². The summed E-state index contributed by atoms with van der Waals surface area (Å²) in [4.78, 5) is 28.6. The summed E-state index contributed by atoms with van der Waals surface area (Å²) in [5.41, 5.74) is 2.38. The van der Waals surface area contributed by atoms with Crippen LogP contribution in [0.2, 0.25) is 0 Å². The van der Waals surface area contributed by atoms with Crippen LogP contribution >= 0.6 is 0 Å². The number of likely N-dealkylation sites (tertiary alicyclic amines) is 1. The van der Waals surface area contributed by atoms with Gasteiger partial charge in [-0.1, -0.05) is 25.0 Å². The highest BCUT2D eigenvalue weighted by Gasteiger charge is 2.38. The fourth-order valence-electron chi connectivity index (χ4n) is 3.91. The normalized spacial score (nSPS) is 21.0. The van der Waals surface area contributed by atoms with E-state index in [2.05, 4.69) is 34.5 Å². The minimum Gasteiger partial charge on any atom is -0.378 e. The van der Waals surface area contributed by atoms with Crippen molar-refractivity contribution < 1.29 is 9.59 Å². The monoisotopic (exact) mass is 343 g/mol.